The smallest absolute Gasteiger partial charge is 0.303 e. The van der Waals surface area contributed by atoms with E-state index in [1.807, 2.05) is 6.07 Å². The van der Waals surface area contributed by atoms with Crippen LogP contribution in [0.2, 0.25) is 0 Å². The molecule has 25 heavy (non-hydrogen) atoms. The molecule has 0 aromatic heterocycles. The van der Waals surface area contributed by atoms with E-state index in [9.17, 15) is 14.0 Å². The fourth-order valence-corrected chi connectivity index (χ4v) is 2.11. The van der Waals surface area contributed by atoms with Crippen LogP contribution < -0.4 is 10.6 Å². The number of benzene rings is 1. The topological polar surface area (TPSA) is 102 Å². The lowest BCUT2D eigenvalue weighted by Crippen LogP contribution is -2.27. The van der Waals surface area contributed by atoms with E-state index in [0.717, 1.165) is 0 Å². The Morgan fingerprint density at radius 3 is 2.64 bits per heavy atom. The summed E-state index contributed by atoms with van der Waals surface area (Å²) in [5.74, 6) is -1.60. The normalized spacial score (nSPS) is 10.8. The fourth-order valence-electron chi connectivity index (χ4n) is 2.11. The van der Waals surface area contributed by atoms with Gasteiger partial charge in [0.1, 0.15) is 17.5 Å². The molecule has 0 spiro atoms. The Bertz CT molecular complexity index is 653. The predicted octanol–water partition coefficient (Wildman–Crippen LogP) is 2.13. The third-order valence-corrected chi connectivity index (χ3v) is 3.46. The van der Waals surface area contributed by atoms with E-state index in [2.05, 4.69) is 10.6 Å². The van der Waals surface area contributed by atoms with Gasteiger partial charge in [0, 0.05) is 25.7 Å². The summed E-state index contributed by atoms with van der Waals surface area (Å²) < 4.78 is 13.4. The molecule has 0 bridgehead atoms. The first kappa shape index (κ1) is 20.2. The van der Waals surface area contributed by atoms with Gasteiger partial charge in [0.25, 0.3) is 5.91 Å². The largest absolute Gasteiger partial charge is 0.481 e. The van der Waals surface area contributed by atoms with Crippen LogP contribution in [0.3, 0.4) is 0 Å². The molecule has 0 fully saturated rings. The summed E-state index contributed by atoms with van der Waals surface area (Å²) >= 11 is 0. The zero-order chi connectivity index (χ0) is 18.5. The molecular formula is C18H22FN3O3. The minimum Gasteiger partial charge on any atom is -0.481 e. The first-order valence-electron chi connectivity index (χ1n) is 8.11. The average molecular weight is 347 g/mol. The summed E-state index contributed by atoms with van der Waals surface area (Å²) in [4.78, 5) is 22.2. The third kappa shape index (κ3) is 8.51. The van der Waals surface area contributed by atoms with Crippen molar-refractivity contribution in [3.63, 3.8) is 0 Å². The number of rotatable bonds is 11. The van der Waals surface area contributed by atoms with E-state index in [-0.39, 0.29) is 17.8 Å². The van der Waals surface area contributed by atoms with Crippen LogP contribution >= 0.6 is 0 Å². The number of nitrogens with one attached hydrogen (secondary N) is 2. The molecule has 0 atom stereocenters. The lowest BCUT2D eigenvalue weighted by Gasteiger charge is -2.06. The highest BCUT2D eigenvalue weighted by Gasteiger charge is 2.08. The van der Waals surface area contributed by atoms with Crippen molar-refractivity contribution in [2.75, 3.05) is 13.1 Å². The number of amides is 1. The van der Waals surface area contributed by atoms with Gasteiger partial charge in [-0.15, -0.1) is 0 Å². The first-order chi connectivity index (χ1) is 12.0. The van der Waals surface area contributed by atoms with Crippen LogP contribution in [-0.4, -0.2) is 30.1 Å². The Kier molecular flexibility index (Phi) is 9.38. The van der Waals surface area contributed by atoms with Crippen LogP contribution in [0, 0.1) is 17.1 Å². The lowest BCUT2D eigenvalue weighted by molar-refractivity contribution is -0.137. The minimum absolute atomic E-state index is 0.0564. The standard InChI is InChI=1S/C18H22FN3O3/c19-16-7-4-3-6-14(16)9-11-21-13-15(12-20)18(25)22-10-5-1-2-8-17(23)24/h3-4,6-7,13,21H,1-2,5,8-11H2,(H,22,25)(H,23,24)/b15-13-. The van der Waals surface area contributed by atoms with Crippen LogP contribution in [0.15, 0.2) is 36.0 Å². The van der Waals surface area contributed by atoms with Gasteiger partial charge >= 0.3 is 5.97 Å². The summed E-state index contributed by atoms with van der Waals surface area (Å²) in [5, 5.41) is 23.0. The zero-order valence-electron chi connectivity index (χ0n) is 13.9. The maximum absolute atomic E-state index is 13.4. The molecule has 0 heterocycles. The SMILES string of the molecule is N#C/C(=C/NCCc1ccccc1F)C(=O)NCCCCCC(=O)O. The summed E-state index contributed by atoms with van der Waals surface area (Å²) in [6.45, 7) is 0.779. The number of carboxylic acid groups (broad SMARTS) is 1. The van der Waals surface area contributed by atoms with Crippen LogP contribution in [0.5, 0.6) is 0 Å². The molecule has 134 valence electrons. The van der Waals surface area contributed by atoms with Crippen LogP contribution in [-0.2, 0) is 16.0 Å². The monoisotopic (exact) mass is 347 g/mol. The molecule has 1 amide bonds. The van der Waals surface area contributed by atoms with Gasteiger partial charge in [-0.3, -0.25) is 9.59 Å². The second kappa shape index (κ2) is 11.6. The maximum Gasteiger partial charge on any atom is 0.303 e. The summed E-state index contributed by atoms with van der Waals surface area (Å²) in [6, 6.07) is 8.25. The van der Waals surface area contributed by atoms with Crippen molar-refractivity contribution in [3.8, 4) is 6.07 Å². The molecule has 1 aromatic carbocycles. The predicted molar refractivity (Wildman–Crippen MR) is 90.9 cm³/mol. The Hall–Kier alpha value is -2.88. The molecule has 6 nitrogen and oxygen atoms in total. The molecule has 0 aliphatic carbocycles. The summed E-state index contributed by atoms with van der Waals surface area (Å²) in [6.07, 6.45) is 3.78. The van der Waals surface area contributed by atoms with Gasteiger partial charge in [0.2, 0.25) is 0 Å². The first-order valence-corrected chi connectivity index (χ1v) is 8.11. The number of carbonyl (C=O) groups excluding carboxylic acids is 1. The summed E-state index contributed by atoms with van der Waals surface area (Å²) in [5.41, 5.74) is 0.506. The Labute approximate surface area is 146 Å². The highest BCUT2D eigenvalue weighted by molar-refractivity contribution is 5.97. The second-order valence-electron chi connectivity index (χ2n) is 5.43. The van der Waals surface area contributed by atoms with E-state index in [1.165, 1.54) is 12.3 Å². The second-order valence-corrected chi connectivity index (χ2v) is 5.43. The van der Waals surface area contributed by atoms with Crippen molar-refractivity contribution < 1.29 is 19.1 Å². The minimum atomic E-state index is -0.833. The Morgan fingerprint density at radius 2 is 1.96 bits per heavy atom. The fraction of sp³-hybridized carbons (Fsp3) is 0.389. The van der Waals surface area contributed by atoms with Gasteiger partial charge in [-0.2, -0.15) is 5.26 Å². The van der Waals surface area contributed by atoms with Gasteiger partial charge in [-0.1, -0.05) is 24.6 Å². The number of nitrogens with zero attached hydrogens (tertiary/aromatic N) is 1. The number of carbonyl (C=O) groups is 2. The molecule has 1 aromatic rings. The molecule has 0 unspecified atom stereocenters. The van der Waals surface area contributed by atoms with Gasteiger partial charge in [-0.25, -0.2) is 4.39 Å². The van der Waals surface area contributed by atoms with Crippen molar-refractivity contribution in [2.24, 2.45) is 0 Å². The van der Waals surface area contributed by atoms with Gasteiger partial charge in [-0.05, 0) is 30.9 Å². The number of unbranched alkanes of at least 4 members (excludes halogenated alkanes) is 2. The molecule has 0 saturated carbocycles. The van der Waals surface area contributed by atoms with Gasteiger partial charge in [0.15, 0.2) is 0 Å². The van der Waals surface area contributed by atoms with Crippen LogP contribution in [0.4, 0.5) is 4.39 Å². The average Bonchev–Trinajstić information content (AvgIpc) is 2.59. The zero-order valence-corrected chi connectivity index (χ0v) is 13.9. The number of halogens is 1. The summed E-state index contributed by atoms with van der Waals surface area (Å²) in [7, 11) is 0. The highest BCUT2D eigenvalue weighted by atomic mass is 19.1. The van der Waals surface area contributed by atoms with Crippen LogP contribution in [0.1, 0.15) is 31.2 Å². The van der Waals surface area contributed by atoms with Crippen molar-refractivity contribution in [1.29, 1.82) is 5.26 Å². The third-order valence-electron chi connectivity index (χ3n) is 3.46. The van der Waals surface area contributed by atoms with Crippen molar-refractivity contribution in [2.45, 2.75) is 32.1 Å². The highest BCUT2D eigenvalue weighted by Crippen LogP contribution is 2.06. The van der Waals surface area contributed by atoms with Crippen molar-refractivity contribution in [1.82, 2.24) is 10.6 Å². The Balaban J connectivity index is 2.28. The molecule has 1 rings (SSSR count). The number of nitriles is 1. The number of hydrogen-bond acceptors (Lipinski definition) is 4. The van der Waals surface area contributed by atoms with Crippen molar-refractivity contribution >= 4 is 11.9 Å². The molecule has 0 radical (unpaired) electrons. The number of carboxylic acids is 1. The van der Waals surface area contributed by atoms with Crippen molar-refractivity contribution in [3.05, 3.63) is 47.4 Å². The molecular weight excluding hydrogens is 325 g/mol. The van der Waals surface area contributed by atoms with E-state index in [1.54, 1.807) is 18.2 Å². The van der Waals surface area contributed by atoms with E-state index in [4.69, 9.17) is 10.4 Å². The number of aliphatic carboxylic acids is 1. The number of hydrogen-bond donors (Lipinski definition) is 3. The van der Waals surface area contributed by atoms with E-state index >= 15 is 0 Å². The maximum atomic E-state index is 13.4. The molecule has 0 aliphatic heterocycles. The van der Waals surface area contributed by atoms with Crippen LogP contribution in [0.25, 0.3) is 0 Å². The molecule has 3 N–H and O–H groups in total. The van der Waals surface area contributed by atoms with Gasteiger partial charge in [0.05, 0.1) is 0 Å². The van der Waals surface area contributed by atoms with Gasteiger partial charge < -0.3 is 15.7 Å². The molecule has 7 heteroatoms. The molecule has 0 saturated heterocycles. The van der Waals surface area contributed by atoms with E-state index < -0.39 is 11.9 Å². The van der Waals surface area contributed by atoms with E-state index in [0.29, 0.717) is 44.3 Å². The Morgan fingerprint density at radius 1 is 1.20 bits per heavy atom. The lowest BCUT2D eigenvalue weighted by atomic mass is 10.1. The molecule has 0 aliphatic rings. The quantitative estimate of drug-likeness (QED) is 0.323.